The first-order valence-corrected chi connectivity index (χ1v) is 7.76. The minimum Gasteiger partial charge on any atom is -0.352 e. The molecule has 1 saturated carbocycles. The van der Waals surface area contributed by atoms with Crippen LogP contribution in [0.4, 0.5) is 0 Å². The highest BCUT2D eigenvalue weighted by atomic mass is 16.1. The van der Waals surface area contributed by atoms with Gasteiger partial charge >= 0.3 is 0 Å². The summed E-state index contributed by atoms with van der Waals surface area (Å²) in [4.78, 5) is 11.8. The standard InChI is InChI=1S/C15H30N2O/c1-3-13(4-2)11-16-12-15(18)17-14-9-7-5-6-8-10-14/h13-14,16H,3-12H2,1-2H3,(H,17,18). The van der Waals surface area contributed by atoms with Gasteiger partial charge in [0.1, 0.15) is 0 Å². The number of hydrogen-bond donors (Lipinski definition) is 2. The van der Waals surface area contributed by atoms with Crippen LogP contribution in [0.3, 0.4) is 0 Å². The van der Waals surface area contributed by atoms with Gasteiger partial charge in [-0.1, -0.05) is 52.4 Å². The van der Waals surface area contributed by atoms with Crippen molar-refractivity contribution in [3.63, 3.8) is 0 Å². The normalized spacial score (nSPS) is 17.7. The number of rotatable bonds is 7. The Bertz CT molecular complexity index is 219. The molecule has 1 aliphatic rings. The van der Waals surface area contributed by atoms with E-state index < -0.39 is 0 Å². The third-order valence-electron chi connectivity index (χ3n) is 4.09. The Morgan fingerprint density at radius 1 is 1.11 bits per heavy atom. The Kier molecular flexibility index (Phi) is 8.06. The lowest BCUT2D eigenvalue weighted by Gasteiger charge is -2.17. The van der Waals surface area contributed by atoms with Crippen molar-refractivity contribution in [2.45, 2.75) is 71.3 Å². The molecule has 0 aromatic heterocycles. The van der Waals surface area contributed by atoms with Crippen molar-refractivity contribution >= 4 is 5.91 Å². The average Bonchev–Trinajstić information content (AvgIpc) is 2.63. The van der Waals surface area contributed by atoms with E-state index in [1.165, 1.54) is 38.5 Å². The van der Waals surface area contributed by atoms with Crippen LogP contribution < -0.4 is 10.6 Å². The van der Waals surface area contributed by atoms with Gasteiger partial charge in [-0.15, -0.1) is 0 Å². The van der Waals surface area contributed by atoms with Gasteiger partial charge in [0.25, 0.3) is 0 Å². The summed E-state index contributed by atoms with van der Waals surface area (Å²) in [5.74, 6) is 0.878. The molecular formula is C15H30N2O. The fourth-order valence-corrected chi connectivity index (χ4v) is 2.67. The SMILES string of the molecule is CCC(CC)CNCC(=O)NC1CCCCCC1. The number of carbonyl (C=O) groups is 1. The van der Waals surface area contributed by atoms with Crippen molar-refractivity contribution in [1.29, 1.82) is 0 Å². The van der Waals surface area contributed by atoms with Crippen molar-refractivity contribution in [2.24, 2.45) is 5.92 Å². The molecule has 0 spiro atoms. The molecule has 2 N–H and O–H groups in total. The van der Waals surface area contributed by atoms with E-state index in [0.29, 0.717) is 18.5 Å². The molecule has 0 bridgehead atoms. The first kappa shape index (κ1) is 15.5. The molecule has 1 amide bonds. The van der Waals surface area contributed by atoms with Gasteiger partial charge in [0.15, 0.2) is 0 Å². The van der Waals surface area contributed by atoms with E-state index in [1.807, 2.05) is 0 Å². The van der Waals surface area contributed by atoms with Crippen molar-refractivity contribution in [1.82, 2.24) is 10.6 Å². The number of hydrogen-bond acceptors (Lipinski definition) is 2. The summed E-state index contributed by atoms with van der Waals surface area (Å²) in [6.07, 6.45) is 9.91. The second-order valence-corrected chi connectivity index (χ2v) is 5.57. The van der Waals surface area contributed by atoms with E-state index in [1.54, 1.807) is 0 Å². The fourth-order valence-electron chi connectivity index (χ4n) is 2.67. The lowest BCUT2D eigenvalue weighted by atomic mass is 10.0. The van der Waals surface area contributed by atoms with Crippen molar-refractivity contribution in [3.05, 3.63) is 0 Å². The van der Waals surface area contributed by atoms with E-state index in [2.05, 4.69) is 24.5 Å². The topological polar surface area (TPSA) is 41.1 Å². The molecule has 0 saturated heterocycles. The molecule has 0 aromatic carbocycles. The van der Waals surface area contributed by atoms with Gasteiger partial charge in [-0.2, -0.15) is 0 Å². The summed E-state index contributed by atoms with van der Waals surface area (Å²) >= 11 is 0. The fraction of sp³-hybridized carbons (Fsp3) is 0.933. The maximum absolute atomic E-state index is 11.8. The molecule has 0 radical (unpaired) electrons. The summed E-state index contributed by atoms with van der Waals surface area (Å²) in [5, 5.41) is 6.45. The van der Waals surface area contributed by atoms with Gasteiger partial charge in [0.2, 0.25) is 5.91 Å². The Hall–Kier alpha value is -0.570. The lowest BCUT2D eigenvalue weighted by molar-refractivity contribution is -0.121. The second-order valence-electron chi connectivity index (χ2n) is 5.57. The van der Waals surface area contributed by atoms with E-state index in [4.69, 9.17) is 0 Å². The molecule has 3 nitrogen and oxygen atoms in total. The van der Waals surface area contributed by atoms with Crippen LogP contribution in [-0.2, 0) is 4.79 Å². The van der Waals surface area contributed by atoms with Gasteiger partial charge in [-0.3, -0.25) is 4.79 Å². The van der Waals surface area contributed by atoms with Crippen molar-refractivity contribution < 1.29 is 4.79 Å². The molecule has 0 aliphatic heterocycles. The van der Waals surface area contributed by atoms with Crippen LogP contribution >= 0.6 is 0 Å². The summed E-state index contributed by atoms with van der Waals surface area (Å²) in [7, 11) is 0. The van der Waals surface area contributed by atoms with Crippen LogP contribution in [0, 0.1) is 5.92 Å². The molecule has 106 valence electrons. The van der Waals surface area contributed by atoms with E-state index in [0.717, 1.165) is 19.4 Å². The van der Waals surface area contributed by atoms with Gasteiger partial charge in [0, 0.05) is 6.04 Å². The maximum Gasteiger partial charge on any atom is 0.234 e. The predicted molar refractivity (Wildman–Crippen MR) is 76.6 cm³/mol. The molecular weight excluding hydrogens is 224 g/mol. The van der Waals surface area contributed by atoms with Gasteiger partial charge < -0.3 is 10.6 Å². The Balaban J connectivity index is 2.12. The van der Waals surface area contributed by atoms with Crippen molar-refractivity contribution in [2.75, 3.05) is 13.1 Å². The summed E-state index contributed by atoms with van der Waals surface area (Å²) in [6, 6.07) is 0.426. The van der Waals surface area contributed by atoms with Crippen molar-refractivity contribution in [3.8, 4) is 0 Å². The largest absolute Gasteiger partial charge is 0.352 e. The Morgan fingerprint density at radius 2 is 1.72 bits per heavy atom. The lowest BCUT2D eigenvalue weighted by Crippen LogP contribution is -2.41. The molecule has 1 rings (SSSR count). The molecule has 18 heavy (non-hydrogen) atoms. The first-order valence-electron chi connectivity index (χ1n) is 7.76. The average molecular weight is 254 g/mol. The van der Waals surface area contributed by atoms with E-state index in [9.17, 15) is 4.79 Å². The zero-order valence-electron chi connectivity index (χ0n) is 12.1. The van der Waals surface area contributed by atoms with Crippen LogP contribution in [0.2, 0.25) is 0 Å². The van der Waals surface area contributed by atoms with Crippen LogP contribution in [0.15, 0.2) is 0 Å². The molecule has 1 aliphatic carbocycles. The van der Waals surface area contributed by atoms with Crippen LogP contribution in [-0.4, -0.2) is 25.0 Å². The van der Waals surface area contributed by atoms with E-state index in [-0.39, 0.29) is 5.91 Å². The zero-order valence-corrected chi connectivity index (χ0v) is 12.1. The molecule has 0 aromatic rings. The monoisotopic (exact) mass is 254 g/mol. The molecule has 3 heteroatoms. The summed E-state index contributed by atoms with van der Waals surface area (Å²) in [5.41, 5.74) is 0. The van der Waals surface area contributed by atoms with Crippen LogP contribution in [0.25, 0.3) is 0 Å². The number of nitrogens with one attached hydrogen (secondary N) is 2. The summed E-state index contributed by atoms with van der Waals surface area (Å²) < 4.78 is 0. The molecule has 0 unspecified atom stereocenters. The maximum atomic E-state index is 11.8. The third kappa shape index (κ3) is 6.39. The number of amides is 1. The van der Waals surface area contributed by atoms with Crippen LogP contribution in [0.1, 0.15) is 65.2 Å². The zero-order chi connectivity index (χ0) is 13.2. The highest BCUT2D eigenvalue weighted by Crippen LogP contribution is 2.16. The highest BCUT2D eigenvalue weighted by Gasteiger charge is 2.14. The minimum absolute atomic E-state index is 0.174. The Labute approximate surface area is 112 Å². The smallest absolute Gasteiger partial charge is 0.234 e. The third-order valence-corrected chi connectivity index (χ3v) is 4.09. The van der Waals surface area contributed by atoms with Crippen LogP contribution in [0.5, 0.6) is 0 Å². The van der Waals surface area contributed by atoms with E-state index >= 15 is 0 Å². The Morgan fingerprint density at radius 3 is 2.28 bits per heavy atom. The first-order chi connectivity index (χ1) is 8.76. The quantitative estimate of drug-likeness (QED) is 0.686. The molecule has 0 heterocycles. The highest BCUT2D eigenvalue weighted by molar-refractivity contribution is 5.78. The predicted octanol–water partition coefficient (Wildman–Crippen LogP) is 2.85. The second kappa shape index (κ2) is 9.37. The molecule has 1 fully saturated rings. The van der Waals surface area contributed by atoms with Gasteiger partial charge in [0.05, 0.1) is 6.54 Å². The summed E-state index contributed by atoms with van der Waals surface area (Å²) in [6.45, 7) is 5.86. The minimum atomic E-state index is 0.174. The van der Waals surface area contributed by atoms with Gasteiger partial charge in [-0.05, 0) is 25.3 Å². The molecule has 0 atom stereocenters. The van der Waals surface area contributed by atoms with Gasteiger partial charge in [-0.25, -0.2) is 0 Å². The number of carbonyl (C=O) groups excluding carboxylic acids is 1.